The molecule has 5 rings (SSSR count). The highest BCUT2D eigenvalue weighted by molar-refractivity contribution is 5.86. The van der Waals surface area contributed by atoms with E-state index in [0.29, 0.717) is 41.7 Å². The van der Waals surface area contributed by atoms with Crippen LogP contribution < -0.4 is 5.32 Å². The summed E-state index contributed by atoms with van der Waals surface area (Å²) in [7, 11) is 0. The predicted molar refractivity (Wildman–Crippen MR) is 131 cm³/mol. The number of nitrogens with one attached hydrogen (secondary N) is 1. The summed E-state index contributed by atoms with van der Waals surface area (Å²) in [5, 5.41) is 11.8. The number of nitrogens with zero attached hydrogens (tertiary/aromatic N) is 6. The van der Waals surface area contributed by atoms with Gasteiger partial charge in [0.05, 0.1) is 11.7 Å². The van der Waals surface area contributed by atoms with Crippen molar-refractivity contribution in [2.75, 3.05) is 18.4 Å². The maximum absolute atomic E-state index is 13.6. The molecule has 3 heterocycles. The molecule has 178 valence electrons. The van der Waals surface area contributed by atoms with Crippen LogP contribution in [0.4, 0.5) is 15.1 Å². The monoisotopic (exact) mass is 471 g/mol. The first-order valence-electron chi connectivity index (χ1n) is 11.8. The van der Waals surface area contributed by atoms with E-state index in [1.807, 2.05) is 37.3 Å². The molecule has 0 unspecified atom stereocenters. The number of likely N-dealkylation sites (tertiary alicyclic amines) is 1. The number of hydrogen-bond acceptors (Lipinski definition) is 6. The molecule has 9 heteroatoms. The molecule has 4 aromatic rings. The van der Waals surface area contributed by atoms with Gasteiger partial charge in [0, 0.05) is 24.8 Å². The number of hydrogen-bond donors (Lipinski definition) is 1. The summed E-state index contributed by atoms with van der Waals surface area (Å²) in [6.07, 6.45) is 4.66. The van der Waals surface area contributed by atoms with Crippen LogP contribution in [-0.4, -0.2) is 49.0 Å². The van der Waals surface area contributed by atoms with Gasteiger partial charge in [-0.05, 0) is 62.1 Å². The van der Waals surface area contributed by atoms with Crippen molar-refractivity contribution >= 4 is 12.0 Å². The Balaban J connectivity index is 1.54. The topological polar surface area (TPSA) is 88.8 Å². The average molecular weight is 472 g/mol. The molecule has 2 aromatic carbocycles. The molecule has 1 atom stereocenters. The van der Waals surface area contributed by atoms with Gasteiger partial charge in [0.2, 0.25) is 5.95 Å². The zero-order valence-corrected chi connectivity index (χ0v) is 19.4. The first-order chi connectivity index (χ1) is 17.1. The van der Waals surface area contributed by atoms with E-state index in [2.05, 4.69) is 20.6 Å². The van der Waals surface area contributed by atoms with Crippen molar-refractivity contribution in [2.45, 2.75) is 32.2 Å². The van der Waals surface area contributed by atoms with Crippen molar-refractivity contribution < 1.29 is 9.18 Å². The molecule has 1 N–H and O–H groups in total. The fourth-order valence-electron chi connectivity index (χ4n) is 4.25. The van der Waals surface area contributed by atoms with Gasteiger partial charge < -0.3 is 10.2 Å². The number of carbonyl (C=O) groups excluding carboxylic acids is 1. The molecule has 35 heavy (non-hydrogen) atoms. The zero-order chi connectivity index (χ0) is 24.2. The largest absolute Gasteiger partial charge is 0.348 e. The quantitative estimate of drug-likeness (QED) is 0.432. The predicted octanol–water partition coefficient (Wildman–Crippen LogP) is 5.17. The van der Waals surface area contributed by atoms with Crippen LogP contribution >= 0.6 is 0 Å². The van der Waals surface area contributed by atoms with Crippen LogP contribution in [0.1, 0.15) is 37.8 Å². The maximum atomic E-state index is 13.6. The van der Waals surface area contributed by atoms with Crippen LogP contribution in [0.15, 0.2) is 66.9 Å². The average Bonchev–Trinajstić information content (AvgIpc) is 3.35. The third-order valence-electron chi connectivity index (χ3n) is 6.14. The summed E-state index contributed by atoms with van der Waals surface area (Å²) in [4.78, 5) is 24.3. The summed E-state index contributed by atoms with van der Waals surface area (Å²) in [6, 6.07) is 17.4. The minimum absolute atomic E-state index is 0.0268. The Hall–Kier alpha value is -4.14. The molecule has 2 aromatic heterocycles. The lowest BCUT2D eigenvalue weighted by atomic mass is 10.1. The minimum atomic E-state index is -0.351. The number of carbonyl (C=O) groups is 1. The second-order valence-corrected chi connectivity index (χ2v) is 8.58. The van der Waals surface area contributed by atoms with Gasteiger partial charge in [-0.15, -0.1) is 5.10 Å². The third-order valence-corrected chi connectivity index (χ3v) is 6.14. The van der Waals surface area contributed by atoms with E-state index in [1.54, 1.807) is 29.3 Å². The van der Waals surface area contributed by atoms with Gasteiger partial charge in [-0.1, -0.05) is 35.5 Å². The molecule has 8 nitrogen and oxygen atoms in total. The van der Waals surface area contributed by atoms with E-state index in [9.17, 15) is 9.18 Å². The van der Waals surface area contributed by atoms with Gasteiger partial charge in [0.15, 0.2) is 0 Å². The summed E-state index contributed by atoms with van der Waals surface area (Å²) in [6.45, 7) is 3.38. The molecule has 1 aliphatic rings. The highest BCUT2D eigenvalue weighted by Crippen LogP contribution is 2.30. The van der Waals surface area contributed by atoms with Crippen molar-refractivity contribution in [2.24, 2.45) is 0 Å². The lowest BCUT2D eigenvalue weighted by molar-refractivity contribution is 0.185. The summed E-state index contributed by atoms with van der Waals surface area (Å²) >= 11 is 0. The second-order valence-electron chi connectivity index (χ2n) is 8.58. The van der Waals surface area contributed by atoms with Gasteiger partial charge in [-0.25, -0.2) is 19.2 Å². The van der Waals surface area contributed by atoms with Crippen LogP contribution in [0.3, 0.4) is 0 Å². The molecule has 1 saturated heterocycles. The Morgan fingerprint density at radius 1 is 1.00 bits per heavy atom. The Morgan fingerprint density at radius 3 is 2.49 bits per heavy atom. The molecule has 1 fully saturated rings. The molecule has 1 amide bonds. The van der Waals surface area contributed by atoms with E-state index in [0.717, 1.165) is 24.8 Å². The normalized spacial score (nSPS) is 14.5. The van der Waals surface area contributed by atoms with Crippen molar-refractivity contribution in [3.05, 3.63) is 78.2 Å². The molecule has 0 radical (unpaired) electrons. The second kappa shape index (κ2) is 10.0. The number of amides is 1. The summed E-state index contributed by atoms with van der Waals surface area (Å²) in [5.41, 5.74) is 3.14. The van der Waals surface area contributed by atoms with E-state index >= 15 is 0 Å². The molecule has 1 aliphatic heterocycles. The van der Waals surface area contributed by atoms with Crippen LogP contribution in [0.25, 0.3) is 22.6 Å². The lowest BCUT2D eigenvalue weighted by Crippen LogP contribution is -2.39. The maximum Gasteiger partial charge on any atom is 0.346 e. The van der Waals surface area contributed by atoms with Crippen LogP contribution in [0.2, 0.25) is 0 Å². The lowest BCUT2D eigenvalue weighted by Gasteiger charge is -2.26. The van der Waals surface area contributed by atoms with Gasteiger partial charge in [0.1, 0.15) is 17.2 Å². The van der Waals surface area contributed by atoms with E-state index < -0.39 is 0 Å². The van der Waals surface area contributed by atoms with Crippen LogP contribution in [-0.2, 0) is 0 Å². The van der Waals surface area contributed by atoms with Crippen molar-refractivity contribution in [1.82, 2.24) is 29.9 Å². The minimum Gasteiger partial charge on any atom is -0.348 e. The first-order valence-corrected chi connectivity index (χ1v) is 11.8. The number of benzene rings is 2. The number of halogens is 1. The van der Waals surface area contributed by atoms with E-state index in [-0.39, 0.29) is 17.9 Å². The number of rotatable bonds is 5. The third kappa shape index (κ3) is 4.89. The van der Waals surface area contributed by atoms with Gasteiger partial charge in [-0.2, -0.15) is 4.68 Å². The number of aromatic nitrogens is 5. The summed E-state index contributed by atoms with van der Waals surface area (Å²) in [5.74, 6) is 0.0672. The highest BCUT2D eigenvalue weighted by Gasteiger charge is 2.27. The molecule has 0 spiro atoms. The molecule has 0 aliphatic carbocycles. The smallest absolute Gasteiger partial charge is 0.346 e. The molecular formula is C26H26FN7O. The number of piperidine rings is 1. The fraction of sp³-hybridized carbons (Fsp3) is 0.269. The van der Waals surface area contributed by atoms with Crippen molar-refractivity contribution in [3.63, 3.8) is 0 Å². The SMILES string of the molecule is C[C@H](Nc1nccc(-c2c(-c3ccc(F)cc3)nnn2C(=O)N2CCCCC2)n1)c1ccccc1. The standard InChI is InChI=1S/C26H26FN7O/c1-18(19-8-4-2-5-9-19)29-25-28-15-14-22(30-25)24-23(20-10-12-21(27)13-11-20)31-32-34(24)26(35)33-16-6-3-7-17-33/h2,4-5,8-15,18H,3,6-7,16-17H2,1H3,(H,28,29,30)/t18-/m0/s1. The number of anilines is 1. The molecule has 0 saturated carbocycles. The van der Waals surface area contributed by atoms with E-state index in [1.165, 1.54) is 16.8 Å². The van der Waals surface area contributed by atoms with Gasteiger partial charge in [-0.3, -0.25) is 0 Å². The Morgan fingerprint density at radius 2 is 1.74 bits per heavy atom. The Kier molecular flexibility index (Phi) is 6.47. The van der Waals surface area contributed by atoms with Crippen LogP contribution in [0, 0.1) is 5.82 Å². The van der Waals surface area contributed by atoms with Crippen molar-refractivity contribution in [1.29, 1.82) is 0 Å². The Labute approximate surface area is 202 Å². The fourth-order valence-corrected chi connectivity index (χ4v) is 4.25. The first kappa shape index (κ1) is 22.6. The molecule has 0 bridgehead atoms. The Bertz CT molecular complexity index is 1300. The van der Waals surface area contributed by atoms with Gasteiger partial charge >= 0.3 is 6.03 Å². The van der Waals surface area contributed by atoms with Crippen LogP contribution in [0.5, 0.6) is 0 Å². The highest BCUT2D eigenvalue weighted by atomic mass is 19.1. The zero-order valence-electron chi connectivity index (χ0n) is 19.4. The summed E-state index contributed by atoms with van der Waals surface area (Å²) < 4.78 is 14.9. The molecular weight excluding hydrogens is 445 g/mol. The van der Waals surface area contributed by atoms with Crippen molar-refractivity contribution in [3.8, 4) is 22.6 Å². The van der Waals surface area contributed by atoms with E-state index in [4.69, 9.17) is 4.98 Å². The van der Waals surface area contributed by atoms with Gasteiger partial charge in [0.25, 0.3) is 0 Å².